The van der Waals surface area contributed by atoms with Crippen LogP contribution in [0.1, 0.15) is 42.5 Å². The number of benzene rings is 1. The van der Waals surface area contributed by atoms with Gasteiger partial charge in [-0.05, 0) is 25.0 Å². The third-order valence-corrected chi connectivity index (χ3v) is 4.60. The van der Waals surface area contributed by atoms with E-state index < -0.39 is 23.3 Å². The van der Waals surface area contributed by atoms with Gasteiger partial charge in [-0.15, -0.1) is 0 Å². The van der Waals surface area contributed by atoms with Crippen molar-refractivity contribution >= 4 is 23.5 Å². The highest BCUT2D eigenvalue weighted by atomic mass is 16.6. The number of ether oxygens (including phenoxy) is 2. The molecule has 0 bridgehead atoms. The number of carbonyl (C=O) groups is 3. The number of nitrogens with zero attached hydrogens (tertiary/aromatic N) is 2. The molecule has 158 valence electrons. The number of rotatable bonds is 7. The lowest BCUT2D eigenvalue weighted by Crippen LogP contribution is -2.38. The van der Waals surface area contributed by atoms with E-state index in [-0.39, 0.29) is 29.5 Å². The monoisotopic (exact) mass is 407 g/mol. The number of carbonyl (C=O) groups excluding carboxylic acids is 3. The van der Waals surface area contributed by atoms with Gasteiger partial charge in [0.05, 0.1) is 12.0 Å². The van der Waals surface area contributed by atoms with Crippen molar-refractivity contribution in [3.63, 3.8) is 0 Å². The fourth-order valence-electron chi connectivity index (χ4n) is 3.01. The molecule has 1 aromatic carbocycles. The second-order valence-electron chi connectivity index (χ2n) is 6.64. The number of likely N-dealkylation sites (tertiary alicyclic amines) is 1. The zero-order valence-corrected chi connectivity index (χ0v) is 16.3. The Hall–Kier alpha value is -3.17. The van der Waals surface area contributed by atoms with Crippen LogP contribution in [0.3, 0.4) is 0 Å². The highest BCUT2D eigenvalue weighted by Gasteiger charge is 2.20. The van der Waals surface area contributed by atoms with Gasteiger partial charge in [0, 0.05) is 24.7 Å². The van der Waals surface area contributed by atoms with Gasteiger partial charge < -0.3 is 19.7 Å². The maximum atomic E-state index is 12.2. The summed E-state index contributed by atoms with van der Waals surface area (Å²) in [7, 11) is 1.28. The molecule has 2 rings (SSSR count). The molecule has 1 saturated heterocycles. The van der Waals surface area contributed by atoms with Crippen LogP contribution < -0.4 is 10.1 Å². The van der Waals surface area contributed by atoms with Crippen LogP contribution in [0, 0.1) is 10.1 Å². The Labute approximate surface area is 168 Å². The molecule has 1 aromatic rings. The zero-order chi connectivity index (χ0) is 21.2. The van der Waals surface area contributed by atoms with E-state index in [2.05, 4.69) is 5.32 Å². The molecule has 10 nitrogen and oxygen atoms in total. The van der Waals surface area contributed by atoms with Crippen molar-refractivity contribution in [1.82, 2.24) is 10.2 Å². The first-order valence-electron chi connectivity index (χ1n) is 9.46. The van der Waals surface area contributed by atoms with Gasteiger partial charge in [0.15, 0.2) is 12.4 Å². The van der Waals surface area contributed by atoms with E-state index in [1.165, 1.54) is 25.7 Å². The molecular formula is C19H25N3O7. The van der Waals surface area contributed by atoms with E-state index in [4.69, 9.17) is 9.47 Å². The van der Waals surface area contributed by atoms with Crippen molar-refractivity contribution in [3.05, 3.63) is 33.9 Å². The van der Waals surface area contributed by atoms with Crippen molar-refractivity contribution in [1.29, 1.82) is 0 Å². The highest BCUT2D eigenvalue weighted by Crippen LogP contribution is 2.27. The van der Waals surface area contributed by atoms with Crippen molar-refractivity contribution in [3.8, 4) is 5.75 Å². The molecule has 29 heavy (non-hydrogen) atoms. The molecule has 0 unspecified atom stereocenters. The minimum absolute atomic E-state index is 0.00186. The summed E-state index contributed by atoms with van der Waals surface area (Å²) in [5.41, 5.74) is -0.358. The number of nitro groups is 1. The number of methoxy groups -OCH3 is 1. The predicted molar refractivity (Wildman–Crippen MR) is 103 cm³/mol. The van der Waals surface area contributed by atoms with Crippen LogP contribution in [0.4, 0.5) is 5.69 Å². The van der Waals surface area contributed by atoms with Crippen molar-refractivity contribution in [2.75, 3.05) is 33.4 Å². The summed E-state index contributed by atoms with van der Waals surface area (Å²) >= 11 is 0. The molecule has 1 N–H and O–H groups in total. The Morgan fingerprint density at radius 1 is 1.14 bits per heavy atom. The lowest BCUT2D eigenvalue weighted by Gasteiger charge is -2.24. The second-order valence-corrected chi connectivity index (χ2v) is 6.64. The Kier molecular flexibility index (Phi) is 8.38. The summed E-state index contributed by atoms with van der Waals surface area (Å²) in [6.45, 7) is 0.487. The van der Waals surface area contributed by atoms with E-state index >= 15 is 0 Å². The summed E-state index contributed by atoms with van der Waals surface area (Å²) < 4.78 is 9.82. The topological polar surface area (TPSA) is 128 Å². The second kappa shape index (κ2) is 11.0. The number of nitro benzene ring substituents is 1. The molecule has 10 heteroatoms. The van der Waals surface area contributed by atoms with Gasteiger partial charge in [-0.2, -0.15) is 0 Å². The van der Waals surface area contributed by atoms with E-state index in [1.54, 1.807) is 4.90 Å². The molecule has 0 atom stereocenters. The maximum absolute atomic E-state index is 12.2. The molecule has 0 aromatic heterocycles. The Balaban J connectivity index is 1.81. The number of hydrogen-bond donors (Lipinski definition) is 1. The van der Waals surface area contributed by atoms with E-state index in [0.717, 1.165) is 31.7 Å². The summed E-state index contributed by atoms with van der Waals surface area (Å²) in [5.74, 6) is -1.67. The van der Waals surface area contributed by atoms with Gasteiger partial charge in [0.2, 0.25) is 0 Å². The molecule has 0 aliphatic carbocycles. The lowest BCUT2D eigenvalue weighted by atomic mass is 10.1. The van der Waals surface area contributed by atoms with Crippen molar-refractivity contribution < 1.29 is 28.8 Å². The SMILES string of the molecule is COc1ccc(C(=O)NCC(=O)OCC(=O)N2CCCCCCC2)cc1[N+](=O)[O-]. The molecule has 2 amide bonds. The predicted octanol–water partition coefficient (Wildman–Crippen LogP) is 1.67. The summed E-state index contributed by atoms with van der Waals surface area (Å²) in [6.07, 6.45) is 5.21. The summed E-state index contributed by atoms with van der Waals surface area (Å²) in [6, 6.07) is 3.70. The largest absolute Gasteiger partial charge is 0.490 e. The molecular weight excluding hydrogens is 382 g/mol. The fourth-order valence-corrected chi connectivity index (χ4v) is 3.01. The molecule has 1 heterocycles. The average Bonchev–Trinajstić information content (AvgIpc) is 2.69. The third-order valence-electron chi connectivity index (χ3n) is 4.60. The maximum Gasteiger partial charge on any atom is 0.325 e. The van der Waals surface area contributed by atoms with E-state index in [9.17, 15) is 24.5 Å². The van der Waals surface area contributed by atoms with Crippen LogP contribution in [-0.2, 0) is 14.3 Å². The quantitative estimate of drug-likeness (QED) is 0.413. The van der Waals surface area contributed by atoms with Gasteiger partial charge in [0.25, 0.3) is 11.8 Å². The van der Waals surface area contributed by atoms with Crippen LogP contribution in [0.2, 0.25) is 0 Å². The highest BCUT2D eigenvalue weighted by molar-refractivity contribution is 5.96. The van der Waals surface area contributed by atoms with Crippen LogP contribution in [0.5, 0.6) is 5.75 Å². The molecule has 0 saturated carbocycles. The first kappa shape index (κ1) is 22.1. The number of amides is 2. The smallest absolute Gasteiger partial charge is 0.325 e. The van der Waals surface area contributed by atoms with Crippen molar-refractivity contribution in [2.24, 2.45) is 0 Å². The van der Waals surface area contributed by atoms with Crippen molar-refractivity contribution in [2.45, 2.75) is 32.1 Å². The first-order chi connectivity index (χ1) is 13.9. The van der Waals surface area contributed by atoms with E-state index in [1.807, 2.05) is 0 Å². The molecule has 0 radical (unpaired) electrons. The van der Waals surface area contributed by atoms with E-state index in [0.29, 0.717) is 13.1 Å². The molecule has 1 fully saturated rings. The van der Waals surface area contributed by atoms with Crippen LogP contribution in [0.25, 0.3) is 0 Å². The Bertz CT molecular complexity index is 758. The van der Waals surface area contributed by atoms with Gasteiger partial charge >= 0.3 is 11.7 Å². The zero-order valence-electron chi connectivity index (χ0n) is 16.3. The molecule has 0 spiro atoms. The third kappa shape index (κ3) is 6.74. The van der Waals surface area contributed by atoms with Gasteiger partial charge in [-0.3, -0.25) is 24.5 Å². The standard InChI is InChI=1S/C19H25N3O7/c1-28-16-8-7-14(11-15(16)22(26)27)19(25)20-12-18(24)29-13-17(23)21-9-5-3-2-4-6-10-21/h7-8,11H,2-6,9-10,12-13H2,1H3,(H,20,25). The number of esters is 1. The number of nitrogens with one attached hydrogen (secondary N) is 1. The molecule has 1 aliphatic rings. The lowest BCUT2D eigenvalue weighted by molar-refractivity contribution is -0.385. The normalized spacial score (nSPS) is 14.3. The summed E-state index contributed by atoms with van der Waals surface area (Å²) in [4.78, 5) is 48.2. The van der Waals surface area contributed by atoms with Crippen LogP contribution >= 0.6 is 0 Å². The number of hydrogen-bond acceptors (Lipinski definition) is 7. The van der Waals surface area contributed by atoms with Gasteiger partial charge in [-0.25, -0.2) is 0 Å². The average molecular weight is 407 g/mol. The Morgan fingerprint density at radius 2 is 1.79 bits per heavy atom. The fraction of sp³-hybridized carbons (Fsp3) is 0.526. The summed E-state index contributed by atoms with van der Waals surface area (Å²) in [5, 5.41) is 13.3. The van der Waals surface area contributed by atoms with Gasteiger partial charge in [-0.1, -0.05) is 19.3 Å². The minimum atomic E-state index is -0.762. The Morgan fingerprint density at radius 3 is 2.41 bits per heavy atom. The van der Waals surface area contributed by atoms with Crippen LogP contribution in [-0.4, -0.2) is 61.0 Å². The van der Waals surface area contributed by atoms with Crippen LogP contribution in [0.15, 0.2) is 18.2 Å². The molecule has 1 aliphatic heterocycles. The first-order valence-corrected chi connectivity index (χ1v) is 9.46. The minimum Gasteiger partial charge on any atom is -0.490 e. The van der Waals surface area contributed by atoms with Gasteiger partial charge in [0.1, 0.15) is 6.54 Å².